The molecule has 0 radical (unpaired) electrons. The number of benzene rings is 1. The highest BCUT2D eigenvalue weighted by Crippen LogP contribution is 2.38. The number of hydrogen-bond acceptors (Lipinski definition) is 4. The summed E-state index contributed by atoms with van der Waals surface area (Å²) >= 11 is 0. The van der Waals surface area contributed by atoms with E-state index in [-0.39, 0.29) is 19.3 Å². The summed E-state index contributed by atoms with van der Waals surface area (Å²) in [5.74, 6) is -2.83. The third-order valence-electron chi connectivity index (χ3n) is 4.36. The molecule has 0 saturated heterocycles. The van der Waals surface area contributed by atoms with E-state index in [4.69, 9.17) is 5.73 Å². The predicted octanol–water partition coefficient (Wildman–Crippen LogP) is 3.01. The maximum absolute atomic E-state index is 11.7. The van der Waals surface area contributed by atoms with Gasteiger partial charge in [-0.05, 0) is 30.4 Å². The van der Waals surface area contributed by atoms with Crippen LogP contribution >= 0.6 is 8.46 Å². The molecule has 6 nitrogen and oxygen atoms in total. The van der Waals surface area contributed by atoms with Crippen molar-refractivity contribution in [2.75, 3.05) is 0 Å². The second-order valence-electron chi connectivity index (χ2n) is 6.99. The van der Waals surface area contributed by atoms with Gasteiger partial charge in [-0.15, -0.1) is 0 Å². The molecule has 3 atom stereocenters. The van der Waals surface area contributed by atoms with E-state index in [0.717, 1.165) is 5.56 Å². The van der Waals surface area contributed by atoms with Gasteiger partial charge in [0.05, 0.1) is 14.4 Å². The van der Waals surface area contributed by atoms with Gasteiger partial charge in [0, 0.05) is 12.8 Å². The highest BCUT2D eigenvalue weighted by Gasteiger charge is 2.41. The summed E-state index contributed by atoms with van der Waals surface area (Å²) in [5.41, 5.74) is 7.90. The van der Waals surface area contributed by atoms with Gasteiger partial charge < -0.3 is 20.5 Å². The minimum Gasteiger partial charge on any atom is -0.481 e. The van der Waals surface area contributed by atoms with Crippen LogP contribution in [0.4, 0.5) is 0 Å². The van der Waals surface area contributed by atoms with Gasteiger partial charge in [0.1, 0.15) is 5.34 Å². The van der Waals surface area contributed by atoms with Crippen LogP contribution in [0.1, 0.15) is 57.1 Å². The van der Waals surface area contributed by atoms with Crippen molar-refractivity contribution in [3.63, 3.8) is 0 Å². The van der Waals surface area contributed by atoms with E-state index in [0.29, 0.717) is 11.5 Å². The lowest BCUT2D eigenvalue weighted by atomic mass is 9.90. The molecule has 1 aromatic rings. The fourth-order valence-electron chi connectivity index (χ4n) is 2.88. The summed E-state index contributed by atoms with van der Waals surface area (Å²) in [6.45, 7) is 5.96. The Morgan fingerprint density at radius 1 is 1.27 bits per heavy atom. The first-order valence-corrected chi connectivity index (χ1v) is 9.61. The fourth-order valence-corrected chi connectivity index (χ4v) is 3.76. The molecule has 0 aliphatic rings. The number of nitrogens with two attached hydrogens (primary N) is 1. The smallest absolute Gasteiger partial charge is 0.309 e. The zero-order chi connectivity index (χ0) is 19.9. The van der Waals surface area contributed by atoms with Crippen molar-refractivity contribution in [3.8, 4) is 0 Å². The van der Waals surface area contributed by atoms with E-state index >= 15 is 0 Å². The molecular weight excluding hydrogens is 353 g/mol. The number of primary amides is 1. The maximum atomic E-state index is 11.7. The van der Waals surface area contributed by atoms with Gasteiger partial charge in [0.25, 0.3) is 0 Å². The largest absolute Gasteiger partial charge is 0.481 e. The van der Waals surface area contributed by atoms with Crippen molar-refractivity contribution in [2.24, 2.45) is 11.7 Å². The van der Waals surface area contributed by atoms with Gasteiger partial charge in [-0.2, -0.15) is 0 Å². The van der Waals surface area contributed by atoms with Crippen molar-refractivity contribution in [3.05, 3.63) is 41.0 Å². The Hall–Kier alpha value is -1.91. The van der Waals surface area contributed by atoms with Crippen LogP contribution in [0, 0.1) is 5.92 Å². The minimum atomic E-state index is -1.89. The summed E-state index contributed by atoms with van der Waals surface area (Å²) in [7, 11) is -1.78. The molecule has 0 fully saturated rings. The Labute approximate surface area is 155 Å². The van der Waals surface area contributed by atoms with Gasteiger partial charge in [0.15, 0.2) is 0 Å². The van der Waals surface area contributed by atoms with Gasteiger partial charge >= 0.3 is 5.97 Å². The predicted molar refractivity (Wildman–Crippen MR) is 104 cm³/mol. The third-order valence-corrected chi connectivity index (χ3v) is 5.38. The second kappa shape index (κ2) is 9.70. The molecule has 4 N–H and O–H groups in total. The molecule has 0 heterocycles. The molecule has 0 aromatic heterocycles. The van der Waals surface area contributed by atoms with Crippen molar-refractivity contribution in [2.45, 2.75) is 51.3 Å². The molecular formula is C19H28NO5P. The molecule has 0 aliphatic carbocycles. The first-order valence-electron chi connectivity index (χ1n) is 8.56. The number of rotatable bonds is 10. The number of carboxylic acid groups (broad SMARTS) is 1. The summed E-state index contributed by atoms with van der Waals surface area (Å²) in [6, 6.07) is 7.93. The normalized spacial score (nSPS) is 16.0. The number of carbonyl (C=O) groups is 2. The topological polar surface area (TPSA) is 118 Å². The number of carboxylic acids is 1. The molecule has 3 unspecified atom stereocenters. The van der Waals surface area contributed by atoms with E-state index in [2.05, 4.69) is 13.8 Å². The molecule has 0 spiro atoms. The van der Waals surface area contributed by atoms with Gasteiger partial charge in [0.2, 0.25) is 5.91 Å². The van der Waals surface area contributed by atoms with E-state index < -0.39 is 31.6 Å². The molecule has 1 rings (SSSR count). The highest BCUT2D eigenvalue weighted by atomic mass is 31.1. The van der Waals surface area contributed by atoms with Crippen molar-refractivity contribution in [1.82, 2.24) is 0 Å². The van der Waals surface area contributed by atoms with Crippen LogP contribution in [0.15, 0.2) is 29.8 Å². The molecule has 7 heteroatoms. The average molecular weight is 381 g/mol. The SMILES string of the molecule is CC(=Cc1ccc(C(C)C)cc1)CC(O)([PH2]=O)C(CCC(N)=O)C(=O)O. The quantitative estimate of drug-likeness (QED) is 0.539. The average Bonchev–Trinajstić information content (AvgIpc) is 2.54. The Morgan fingerprint density at radius 3 is 2.27 bits per heavy atom. The van der Waals surface area contributed by atoms with Crippen LogP contribution < -0.4 is 5.73 Å². The van der Waals surface area contributed by atoms with Crippen LogP contribution in [0.3, 0.4) is 0 Å². The maximum Gasteiger partial charge on any atom is 0.309 e. The van der Waals surface area contributed by atoms with Crippen LogP contribution in [-0.2, 0) is 14.2 Å². The summed E-state index contributed by atoms with van der Waals surface area (Å²) in [6.07, 6.45) is 1.45. The lowest BCUT2D eigenvalue weighted by Crippen LogP contribution is -2.38. The molecule has 0 bridgehead atoms. The zero-order valence-electron chi connectivity index (χ0n) is 15.4. The van der Waals surface area contributed by atoms with Crippen LogP contribution in [-0.4, -0.2) is 27.4 Å². The van der Waals surface area contributed by atoms with Gasteiger partial charge in [-0.1, -0.05) is 49.8 Å². The van der Waals surface area contributed by atoms with Crippen LogP contribution in [0.5, 0.6) is 0 Å². The standard InChI is InChI=1S/C19H28NO5P/c1-12(2)15-6-4-14(5-7-15)10-13(3)11-19(24,26-25)16(18(22)23)8-9-17(20)21/h4-7,10,12,16,24H,8-9,11,26H2,1-3H3,(H2,20,21)(H,22,23). The Bertz CT molecular complexity index is 684. The number of hydrogen-bond donors (Lipinski definition) is 3. The molecule has 1 amide bonds. The second-order valence-corrected chi connectivity index (χ2v) is 8.23. The fraction of sp³-hybridized carbons (Fsp3) is 0.474. The van der Waals surface area contributed by atoms with Crippen molar-refractivity contribution >= 4 is 26.4 Å². The van der Waals surface area contributed by atoms with E-state index in [1.807, 2.05) is 30.3 Å². The number of amides is 1. The molecule has 144 valence electrons. The Balaban J connectivity index is 2.99. The van der Waals surface area contributed by atoms with Crippen LogP contribution in [0.25, 0.3) is 6.08 Å². The highest BCUT2D eigenvalue weighted by molar-refractivity contribution is 7.25. The zero-order valence-corrected chi connectivity index (χ0v) is 16.6. The molecule has 0 saturated carbocycles. The molecule has 26 heavy (non-hydrogen) atoms. The van der Waals surface area contributed by atoms with E-state index in [9.17, 15) is 24.4 Å². The molecule has 1 aromatic carbocycles. The Kier molecular flexibility index (Phi) is 8.25. The lowest BCUT2D eigenvalue weighted by molar-refractivity contribution is -0.147. The van der Waals surface area contributed by atoms with Crippen LogP contribution in [0.2, 0.25) is 0 Å². The Morgan fingerprint density at radius 2 is 1.85 bits per heavy atom. The minimum absolute atomic E-state index is 0.0481. The monoisotopic (exact) mass is 381 g/mol. The summed E-state index contributed by atoms with van der Waals surface area (Å²) < 4.78 is 11.7. The first-order chi connectivity index (χ1) is 12.1. The third kappa shape index (κ3) is 6.43. The van der Waals surface area contributed by atoms with Gasteiger partial charge in [-0.3, -0.25) is 9.59 Å². The van der Waals surface area contributed by atoms with E-state index in [1.165, 1.54) is 5.56 Å². The lowest BCUT2D eigenvalue weighted by Gasteiger charge is -2.29. The van der Waals surface area contributed by atoms with Gasteiger partial charge in [-0.25, -0.2) is 0 Å². The number of aliphatic hydroxyl groups is 1. The van der Waals surface area contributed by atoms with Crippen molar-refractivity contribution < 1.29 is 24.4 Å². The molecule has 0 aliphatic heterocycles. The first kappa shape index (κ1) is 22.1. The van der Waals surface area contributed by atoms with Crippen molar-refractivity contribution in [1.29, 1.82) is 0 Å². The number of aliphatic carboxylic acids is 1. The van der Waals surface area contributed by atoms with E-state index in [1.54, 1.807) is 6.92 Å². The summed E-state index contributed by atoms with van der Waals surface area (Å²) in [4.78, 5) is 22.4. The summed E-state index contributed by atoms with van der Waals surface area (Å²) in [5, 5.41) is 18.2. The number of carbonyl (C=O) groups excluding carboxylic acids is 1.